The van der Waals surface area contributed by atoms with E-state index < -0.39 is 0 Å². The van der Waals surface area contributed by atoms with Gasteiger partial charge in [-0.25, -0.2) is 9.50 Å². The third kappa shape index (κ3) is 6.87. The maximum atomic E-state index is 5.35. The highest BCUT2D eigenvalue weighted by Gasteiger charge is 2.13. The predicted octanol–water partition coefficient (Wildman–Crippen LogP) is 8.59. The number of fused-ring (bicyclic) bond motifs is 2. The molecule has 1 atom stereocenters. The largest absolute Gasteiger partial charge is 0.381 e. The molecule has 1 saturated heterocycles. The number of rotatable bonds is 2. The number of hydrogen-bond donors (Lipinski definition) is 0. The maximum absolute atomic E-state index is 5.35. The Labute approximate surface area is 227 Å². The molecule has 1 aromatic carbocycles. The van der Waals surface area contributed by atoms with Gasteiger partial charge in [0.2, 0.25) is 0 Å². The Morgan fingerprint density at radius 1 is 0.868 bits per heavy atom. The summed E-state index contributed by atoms with van der Waals surface area (Å²) in [4.78, 5) is 9.30. The van der Waals surface area contributed by atoms with Gasteiger partial charge in [0.25, 0.3) is 0 Å². The fourth-order valence-electron chi connectivity index (χ4n) is 5.62. The number of allylic oxidation sites excluding steroid dienone is 1. The van der Waals surface area contributed by atoms with Crippen molar-refractivity contribution in [1.29, 1.82) is 0 Å². The molecule has 4 heterocycles. The van der Waals surface area contributed by atoms with Crippen LogP contribution in [0.1, 0.15) is 88.7 Å². The Balaban J connectivity index is 0.000000278. The molecule has 38 heavy (non-hydrogen) atoms. The second-order valence-electron chi connectivity index (χ2n) is 11.2. The van der Waals surface area contributed by atoms with Gasteiger partial charge >= 0.3 is 0 Å². The topological polar surface area (TPSA) is 52.3 Å². The van der Waals surface area contributed by atoms with Crippen LogP contribution in [0.25, 0.3) is 33.8 Å². The molecule has 4 aromatic rings. The third-order valence-corrected chi connectivity index (χ3v) is 7.91. The van der Waals surface area contributed by atoms with E-state index >= 15 is 0 Å². The van der Waals surface area contributed by atoms with Crippen molar-refractivity contribution >= 4 is 22.6 Å². The smallest absolute Gasteiger partial charge is 0.162 e. The van der Waals surface area contributed by atoms with Gasteiger partial charge in [0, 0.05) is 48.3 Å². The molecule has 0 amide bonds. The number of hydrogen-bond acceptors (Lipinski definition) is 4. The van der Waals surface area contributed by atoms with Crippen LogP contribution in [0.3, 0.4) is 0 Å². The van der Waals surface area contributed by atoms with Crippen molar-refractivity contribution in [3.05, 3.63) is 65.8 Å². The molecule has 5 nitrogen and oxygen atoms in total. The summed E-state index contributed by atoms with van der Waals surface area (Å²) < 4.78 is 7.26. The molecule has 2 aliphatic rings. The Kier molecular flexibility index (Phi) is 9.19. The van der Waals surface area contributed by atoms with E-state index in [1.54, 1.807) is 5.57 Å². The molecule has 0 radical (unpaired) electrons. The highest BCUT2D eigenvalue weighted by atomic mass is 16.5. The van der Waals surface area contributed by atoms with E-state index in [-0.39, 0.29) is 0 Å². The molecule has 0 N–H and O–H groups in total. The van der Waals surface area contributed by atoms with Crippen molar-refractivity contribution in [1.82, 2.24) is 19.6 Å². The normalized spacial score (nSPS) is 20.3. The van der Waals surface area contributed by atoms with Gasteiger partial charge in [0.1, 0.15) is 0 Å². The molecule has 0 spiro atoms. The predicted molar refractivity (Wildman–Crippen MR) is 157 cm³/mol. The van der Waals surface area contributed by atoms with E-state index in [1.165, 1.54) is 76.2 Å². The van der Waals surface area contributed by atoms with Crippen LogP contribution in [0.2, 0.25) is 0 Å². The Bertz CT molecular complexity index is 1340. The number of pyridine rings is 1. The summed E-state index contributed by atoms with van der Waals surface area (Å²) >= 11 is 0. The van der Waals surface area contributed by atoms with Crippen molar-refractivity contribution in [3.8, 4) is 11.1 Å². The second-order valence-corrected chi connectivity index (χ2v) is 11.2. The Morgan fingerprint density at radius 2 is 1.68 bits per heavy atom. The molecule has 5 heteroatoms. The number of aromatic nitrogens is 4. The van der Waals surface area contributed by atoms with E-state index in [9.17, 15) is 0 Å². The highest BCUT2D eigenvalue weighted by Crippen LogP contribution is 2.31. The molecule has 1 saturated carbocycles. The maximum Gasteiger partial charge on any atom is 0.162 e. The summed E-state index contributed by atoms with van der Waals surface area (Å²) in [6.45, 7) is 6.48. The second kappa shape index (κ2) is 13.1. The van der Waals surface area contributed by atoms with Gasteiger partial charge in [-0.2, -0.15) is 5.10 Å². The first-order chi connectivity index (χ1) is 18.7. The number of ether oxygens (including phenoxy) is 1. The van der Waals surface area contributed by atoms with Crippen LogP contribution in [0, 0.1) is 12.8 Å². The van der Waals surface area contributed by atoms with E-state index in [0.29, 0.717) is 0 Å². The third-order valence-electron chi connectivity index (χ3n) is 7.91. The molecule has 3 aromatic heterocycles. The SMILES string of the molecule is C1CCCCOCCC1.Cc1ccc2nccc(-c3cnn4cc(C=C5CCCC(C)CC5)cnc34)c2c1. The van der Waals surface area contributed by atoms with Crippen molar-refractivity contribution < 1.29 is 4.74 Å². The zero-order valence-corrected chi connectivity index (χ0v) is 23.2. The molecule has 1 unspecified atom stereocenters. The molecule has 6 rings (SSSR count). The van der Waals surface area contributed by atoms with Gasteiger partial charge in [-0.3, -0.25) is 4.98 Å². The first-order valence-corrected chi connectivity index (χ1v) is 14.6. The van der Waals surface area contributed by atoms with Gasteiger partial charge in [0.15, 0.2) is 5.65 Å². The lowest BCUT2D eigenvalue weighted by Crippen LogP contribution is -1.94. The molecule has 200 valence electrons. The van der Waals surface area contributed by atoms with Gasteiger partial charge in [0.05, 0.1) is 11.7 Å². The fraction of sp³-hybridized carbons (Fsp3) is 0.485. The quantitative estimate of drug-likeness (QED) is 0.253. The van der Waals surface area contributed by atoms with Crippen LogP contribution < -0.4 is 0 Å². The van der Waals surface area contributed by atoms with Crippen molar-refractivity contribution in [2.24, 2.45) is 5.92 Å². The summed E-state index contributed by atoms with van der Waals surface area (Å²) in [6, 6.07) is 8.42. The minimum Gasteiger partial charge on any atom is -0.381 e. The van der Waals surface area contributed by atoms with Gasteiger partial charge in [-0.1, -0.05) is 62.3 Å². The summed E-state index contributed by atoms with van der Waals surface area (Å²) in [5.41, 5.74) is 7.95. The van der Waals surface area contributed by atoms with E-state index in [4.69, 9.17) is 9.72 Å². The molecular weight excluding hydrogens is 468 g/mol. The van der Waals surface area contributed by atoms with Gasteiger partial charge in [-0.05, 0) is 75.1 Å². The van der Waals surface area contributed by atoms with Crippen molar-refractivity contribution in [2.45, 2.75) is 84.5 Å². The lowest BCUT2D eigenvalue weighted by molar-refractivity contribution is 0.131. The average Bonchev–Trinajstić information content (AvgIpc) is 3.31. The minimum absolute atomic E-state index is 0.842. The molecule has 2 fully saturated rings. The minimum atomic E-state index is 0.842. The zero-order chi connectivity index (χ0) is 26.2. The molecular formula is C33H42N4O. The first kappa shape index (κ1) is 26.6. The van der Waals surface area contributed by atoms with Crippen molar-refractivity contribution in [2.75, 3.05) is 13.2 Å². The van der Waals surface area contributed by atoms with Crippen LogP contribution >= 0.6 is 0 Å². The average molecular weight is 511 g/mol. The van der Waals surface area contributed by atoms with Crippen LogP contribution in [0.5, 0.6) is 0 Å². The van der Waals surface area contributed by atoms with E-state index in [0.717, 1.165) is 52.4 Å². The van der Waals surface area contributed by atoms with Crippen molar-refractivity contribution in [3.63, 3.8) is 0 Å². The summed E-state index contributed by atoms with van der Waals surface area (Å²) in [5.74, 6) is 0.842. The lowest BCUT2D eigenvalue weighted by atomic mass is 10.0. The lowest BCUT2D eigenvalue weighted by Gasteiger charge is -2.06. The Morgan fingerprint density at radius 3 is 2.53 bits per heavy atom. The highest BCUT2D eigenvalue weighted by molar-refractivity contribution is 5.97. The number of nitrogens with zero attached hydrogens (tertiary/aromatic N) is 4. The summed E-state index contributed by atoms with van der Waals surface area (Å²) in [6.07, 6.45) is 24.7. The number of benzene rings is 1. The van der Waals surface area contributed by atoms with Gasteiger partial charge < -0.3 is 4.74 Å². The Hall–Kier alpha value is -3.05. The summed E-state index contributed by atoms with van der Waals surface area (Å²) in [7, 11) is 0. The first-order valence-electron chi connectivity index (χ1n) is 14.6. The van der Waals surface area contributed by atoms with Gasteiger partial charge in [-0.15, -0.1) is 0 Å². The van der Waals surface area contributed by atoms with E-state index in [2.05, 4.69) is 60.5 Å². The van der Waals surface area contributed by atoms with Crippen LogP contribution in [0.15, 0.2) is 54.6 Å². The fourth-order valence-corrected chi connectivity index (χ4v) is 5.62. The standard InChI is InChI=1S/C25H26N4.C8H16O/c1-17-4-3-5-19(8-6-17)13-20-14-27-25-23(15-28-29(25)16-20)21-10-11-26-24-9-7-18(2)12-22(21)24;1-2-4-6-8-9-7-5-3-1/h7,9-17H,3-6,8H2,1-2H3;1-8H2. The van der Waals surface area contributed by atoms with Crippen LogP contribution in [0.4, 0.5) is 0 Å². The van der Waals surface area contributed by atoms with Crippen LogP contribution in [-0.4, -0.2) is 32.8 Å². The monoisotopic (exact) mass is 510 g/mol. The molecule has 0 bridgehead atoms. The summed E-state index contributed by atoms with van der Waals surface area (Å²) in [5, 5.41) is 5.75. The zero-order valence-electron chi connectivity index (χ0n) is 23.2. The number of aryl methyl sites for hydroxylation is 1. The molecule has 1 aliphatic heterocycles. The van der Waals surface area contributed by atoms with E-state index in [1.807, 2.05) is 23.1 Å². The molecule has 1 aliphatic carbocycles. The van der Waals surface area contributed by atoms with Crippen LogP contribution in [-0.2, 0) is 4.74 Å².